The third kappa shape index (κ3) is 2.68. The quantitative estimate of drug-likeness (QED) is 0.841. The second-order valence-corrected chi connectivity index (χ2v) is 4.69. The number of hydrogen-bond donors (Lipinski definition) is 1. The van der Waals surface area contributed by atoms with Crippen molar-refractivity contribution in [1.82, 2.24) is 0 Å². The molecule has 1 aliphatic rings. The maximum absolute atomic E-state index is 8.75. The third-order valence-electron chi connectivity index (χ3n) is 3.06. The highest BCUT2D eigenvalue weighted by atomic mass is 35.5. The molecule has 84 valence electrons. The molecule has 1 aliphatic carbocycles. The second-order valence-electron chi connectivity index (χ2n) is 4.29. The molecule has 1 fully saturated rings. The van der Waals surface area contributed by atoms with Crippen LogP contribution in [0.1, 0.15) is 37.7 Å². The van der Waals surface area contributed by atoms with Crippen LogP contribution in [0.3, 0.4) is 0 Å². The van der Waals surface area contributed by atoms with Gasteiger partial charge in [-0.25, -0.2) is 0 Å². The molecule has 0 radical (unpaired) electrons. The van der Waals surface area contributed by atoms with Gasteiger partial charge in [-0.3, -0.25) is 0 Å². The van der Waals surface area contributed by atoms with Crippen molar-refractivity contribution in [2.75, 3.05) is 5.32 Å². The maximum atomic E-state index is 8.75. The second kappa shape index (κ2) is 5.23. The molecule has 2 nitrogen and oxygen atoms in total. The van der Waals surface area contributed by atoms with Crippen molar-refractivity contribution < 1.29 is 0 Å². The first-order valence-corrected chi connectivity index (χ1v) is 6.13. The van der Waals surface area contributed by atoms with Crippen LogP contribution in [-0.2, 0) is 0 Å². The number of hydrogen-bond acceptors (Lipinski definition) is 2. The molecule has 16 heavy (non-hydrogen) atoms. The Kier molecular flexibility index (Phi) is 3.69. The molecule has 0 atom stereocenters. The molecule has 1 N–H and O–H groups in total. The molecule has 0 amide bonds. The molecule has 2 rings (SSSR count). The van der Waals surface area contributed by atoms with Crippen LogP contribution in [0.5, 0.6) is 0 Å². The van der Waals surface area contributed by atoms with E-state index in [9.17, 15) is 0 Å². The predicted molar refractivity (Wildman–Crippen MR) is 66.7 cm³/mol. The summed E-state index contributed by atoms with van der Waals surface area (Å²) >= 11 is 6.11. The fourth-order valence-electron chi connectivity index (χ4n) is 2.17. The predicted octanol–water partition coefficient (Wildman–Crippen LogP) is 3.96. The topological polar surface area (TPSA) is 35.8 Å². The molecule has 0 unspecified atom stereocenters. The Labute approximate surface area is 101 Å². The van der Waals surface area contributed by atoms with E-state index < -0.39 is 0 Å². The van der Waals surface area contributed by atoms with Crippen molar-refractivity contribution >= 4 is 17.3 Å². The van der Waals surface area contributed by atoms with Gasteiger partial charge in [-0.05, 0) is 31.0 Å². The van der Waals surface area contributed by atoms with E-state index in [0.717, 1.165) is 5.69 Å². The molecule has 1 aromatic rings. The highest BCUT2D eigenvalue weighted by Crippen LogP contribution is 2.27. The molecule has 0 heterocycles. The SMILES string of the molecule is N#Cc1ccc(NC2CCCCC2)c(Cl)c1. The number of nitrogens with zero attached hydrogens (tertiary/aromatic N) is 1. The fraction of sp³-hybridized carbons (Fsp3) is 0.462. The Morgan fingerprint density at radius 1 is 1.25 bits per heavy atom. The molecule has 0 bridgehead atoms. The average Bonchev–Trinajstić information content (AvgIpc) is 2.33. The van der Waals surface area contributed by atoms with Gasteiger partial charge in [0.15, 0.2) is 0 Å². The van der Waals surface area contributed by atoms with Crippen LogP contribution >= 0.6 is 11.6 Å². The van der Waals surface area contributed by atoms with Crippen LogP contribution in [0.25, 0.3) is 0 Å². The zero-order valence-corrected chi connectivity index (χ0v) is 9.93. The minimum Gasteiger partial charge on any atom is -0.381 e. The number of halogens is 1. The summed E-state index contributed by atoms with van der Waals surface area (Å²) < 4.78 is 0. The molecule has 3 heteroatoms. The van der Waals surface area contributed by atoms with Gasteiger partial charge in [-0.2, -0.15) is 5.26 Å². The Morgan fingerprint density at radius 2 is 2.00 bits per heavy atom. The van der Waals surface area contributed by atoms with E-state index in [1.54, 1.807) is 12.1 Å². The summed E-state index contributed by atoms with van der Waals surface area (Å²) in [4.78, 5) is 0. The summed E-state index contributed by atoms with van der Waals surface area (Å²) in [6, 6.07) is 8.04. The van der Waals surface area contributed by atoms with Gasteiger partial charge in [0.05, 0.1) is 22.3 Å². The molecular formula is C13H15ClN2. The first-order chi connectivity index (χ1) is 7.79. The summed E-state index contributed by atoms with van der Waals surface area (Å²) in [6.07, 6.45) is 6.38. The standard InChI is InChI=1S/C13H15ClN2/c14-12-8-10(9-15)6-7-13(12)16-11-4-2-1-3-5-11/h6-8,11,16H,1-5H2. The third-order valence-corrected chi connectivity index (χ3v) is 3.38. The fourth-order valence-corrected chi connectivity index (χ4v) is 2.40. The summed E-state index contributed by atoms with van der Waals surface area (Å²) in [5, 5.41) is 12.8. The van der Waals surface area contributed by atoms with Crippen molar-refractivity contribution in [3.8, 4) is 6.07 Å². The van der Waals surface area contributed by atoms with E-state index in [-0.39, 0.29) is 0 Å². The van der Waals surface area contributed by atoms with Gasteiger partial charge in [-0.15, -0.1) is 0 Å². The Hall–Kier alpha value is -1.20. The van der Waals surface area contributed by atoms with Crippen molar-refractivity contribution in [3.05, 3.63) is 28.8 Å². The normalized spacial score (nSPS) is 16.8. The summed E-state index contributed by atoms with van der Waals surface area (Å²) in [5.74, 6) is 0. The van der Waals surface area contributed by atoms with Gasteiger partial charge in [0.1, 0.15) is 0 Å². The Balaban J connectivity index is 2.06. The van der Waals surface area contributed by atoms with Crippen molar-refractivity contribution in [3.63, 3.8) is 0 Å². The summed E-state index contributed by atoms with van der Waals surface area (Å²) in [6.45, 7) is 0. The lowest BCUT2D eigenvalue weighted by Crippen LogP contribution is -2.22. The summed E-state index contributed by atoms with van der Waals surface area (Å²) in [5.41, 5.74) is 1.56. The van der Waals surface area contributed by atoms with Crippen molar-refractivity contribution in [1.29, 1.82) is 5.26 Å². The van der Waals surface area contributed by atoms with E-state index in [1.165, 1.54) is 32.1 Å². The van der Waals surface area contributed by atoms with E-state index >= 15 is 0 Å². The molecule has 0 aromatic heterocycles. The van der Waals surface area contributed by atoms with Crippen LogP contribution in [0.4, 0.5) is 5.69 Å². The van der Waals surface area contributed by atoms with Crippen LogP contribution < -0.4 is 5.32 Å². The molecular weight excluding hydrogens is 220 g/mol. The number of anilines is 1. The van der Waals surface area contributed by atoms with E-state index in [2.05, 4.69) is 11.4 Å². The monoisotopic (exact) mass is 234 g/mol. The zero-order valence-electron chi connectivity index (χ0n) is 9.17. The first-order valence-electron chi connectivity index (χ1n) is 5.76. The van der Waals surface area contributed by atoms with Gasteiger partial charge in [0.2, 0.25) is 0 Å². The van der Waals surface area contributed by atoms with Crippen LogP contribution in [0, 0.1) is 11.3 Å². The lowest BCUT2D eigenvalue weighted by molar-refractivity contribution is 0.463. The average molecular weight is 235 g/mol. The van der Waals surface area contributed by atoms with Crippen molar-refractivity contribution in [2.45, 2.75) is 38.1 Å². The largest absolute Gasteiger partial charge is 0.381 e. The smallest absolute Gasteiger partial charge is 0.0992 e. The van der Waals surface area contributed by atoms with Gasteiger partial charge in [-0.1, -0.05) is 30.9 Å². The molecule has 0 aliphatic heterocycles. The number of benzene rings is 1. The number of rotatable bonds is 2. The Bertz CT molecular complexity index is 403. The zero-order chi connectivity index (χ0) is 11.4. The van der Waals surface area contributed by atoms with Gasteiger partial charge >= 0.3 is 0 Å². The lowest BCUT2D eigenvalue weighted by atomic mass is 9.95. The van der Waals surface area contributed by atoms with Crippen LogP contribution in [-0.4, -0.2) is 6.04 Å². The molecule has 0 saturated heterocycles. The van der Waals surface area contributed by atoms with Gasteiger partial charge < -0.3 is 5.32 Å². The maximum Gasteiger partial charge on any atom is 0.0992 e. The van der Waals surface area contributed by atoms with E-state index in [0.29, 0.717) is 16.6 Å². The highest BCUT2D eigenvalue weighted by molar-refractivity contribution is 6.33. The van der Waals surface area contributed by atoms with Crippen LogP contribution in [0.2, 0.25) is 5.02 Å². The number of nitrogens with one attached hydrogen (secondary N) is 1. The minimum absolute atomic E-state index is 0.541. The minimum atomic E-state index is 0.541. The van der Waals surface area contributed by atoms with Gasteiger partial charge in [0.25, 0.3) is 0 Å². The van der Waals surface area contributed by atoms with Gasteiger partial charge in [0, 0.05) is 6.04 Å². The van der Waals surface area contributed by atoms with Crippen LogP contribution in [0.15, 0.2) is 18.2 Å². The number of nitriles is 1. The van der Waals surface area contributed by atoms with E-state index in [4.69, 9.17) is 16.9 Å². The molecule has 0 spiro atoms. The first kappa shape index (κ1) is 11.3. The van der Waals surface area contributed by atoms with Crippen molar-refractivity contribution in [2.24, 2.45) is 0 Å². The highest BCUT2D eigenvalue weighted by Gasteiger charge is 2.14. The van der Waals surface area contributed by atoms with E-state index in [1.807, 2.05) is 6.07 Å². The molecule has 1 saturated carbocycles. The Morgan fingerprint density at radius 3 is 2.62 bits per heavy atom. The lowest BCUT2D eigenvalue weighted by Gasteiger charge is -2.24. The molecule has 1 aromatic carbocycles. The summed E-state index contributed by atoms with van der Waals surface area (Å²) in [7, 11) is 0.